The van der Waals surface area contributed by atoms with Crippen LogP contribution in [0.5, 0.6) is 5.75 Å². The molecule has 0 radical (unpaired) electrons. The van der Waals surface area contributed by atoms with Crippen LogP contribution in [0, 0.1) is 3.57 Å². The second-order valence-electron chi connectivity index (χ2n) is 3.99. The monoisotopic (exact) mass is 380 g/mol. The van der Waals surface area contributed by atoms with Gasteiger partial charge in [0.05, 0.1) is 13.3 Å². The van der Waals surface area contributed by atoms with E-state index in [1.54, 1.807) is 37.6 Å². The number of halogens is 1. The van der Waals surface area contributed by atoms with Gasteiger partial charge in [-0.3, -0.25) is 4.79 Å². The normalized spacial score (nSPS) is 10.5. The van der Waals surface area contributed by atoms with Gasteiger partial charge in [0.15, 0.2) is 0 Å². The zero-order valence-corrected chi connectivity index (χ0v) is 13.0. The zero-order chi connectivity index (χ0) is 14.4. The summed E-state index contributed by atoms with van der Waals surface area (Å²) in [6.45, 7) is 0. The van der Waals surface area contributed by atoms with Gasteiger partial charge in [0.1, 0.15) is 5.75 Å². The van der Waals surface area contributed by atoms with Crippen LogP contribution in [0.4, 0.5) is 0 Å². The molecule has 1 N–H and O–H groups in total. The molecule has 0 spiro atoms. The van der Waals surface area contributed by atoms with Crippen LogP contribution in [0.2, 0.25) is 0 Å². The highest BCUT2D eigenvalue weighted by molar-refractivity contribution is 14.1. The van der Waals surface area contributed by atoms with Crippen LogP contribution in [-0.4, -0.2) is 19.2 Å². The summed E-state index contributed by atoms with van der Waals surface area (Å²) in [4.78, 5) is 11.9. The Kier molecular flexibility index (Phi) is 5.11. The Morgan fingerprint density at radius 2 is 2.05 bits per heavy atom. The Hall–Kier alpha value is -1.89. The highest BCUT2D eigenvalue weighted by Crippen LogP contribution is 2.12. The van der Waals surface area contributed by atoms with Crippen molar-refractivity contribution in [1.82, 2.24) is 5.43 Å². The molecule has 0 saturated heterocycles. The maximum absolute atomic E-state index is 11.9. The van der Waals surface area contributed by atoms with E-state index in [9.17, 15) is 4.79 Å². The number of rotatable bonds is 4. The van der Waals surface area contributed by atoms with E-state index in [1.807, 2.05) is 24.3 Å². The maximum Gasteiger partial charge on any atom is 0.271 e. The Morgan fingerprint density at radius 1 is 1.25 bits per heavy atom. The topological polar surface area (TPSA) is 50.7 Å². The van der Waals surface area contributed by atoms with E-state index in [0.717, 1.165) is 9.13 Å². The third-order valence-corrected chi connectivity index (χ3v) is 3.23. The van der Waals surface area contributed by atoms with Gasteiger partial charge in [-0.1, -0.05) is 18.2 Å². The third-order valence-electron chi connectivity index (χ3n) is 2.56. The average Bonchev–Trinajstić information content (AvgIpc) is 2.47. The van der Waals surface area contributed by atoms with Crippen LogP contribution in [0.25, 0.3) is 0 Å². The van der Waals surface area contributed by atoms with E-state index in [4.69, 9.17) is 4.74 Å². The van der Waals surface area contributed by atoms with Crippen molar-refractivity contribution in [3.63, 3.8) is 0 Å². The van der Waals surface area contributed by atoms with Crippen molar-refractivity contribution in [2.45, 2.75) is 0 Å². The number of hydrogen-bond donors (Lipinski definition) is 1. The highest BCUT2D eigenvalue weighted by Gasteiger charge is 2.04. The molecule has 0 aliphatic rings. The predicted molar refractivity (Wildman–Crippen MR) is 87.2 cm³/mol. The number of nitrogens with one attached hydrogen (secondary N) is 1. The SMILES string of the molecule is COc1cccc(C(=O)NN=Cc2cccc(I)c2)c1. The number of hydrazone groups is 1. The minimum Gasteiger partial charge on any atom is -0.497 e. The third kappa shape index (κ3) is 4.06. The molecular formula is C15H13IN2O2. The molecule has 0 atom stereocenters. The number of carbonyl (C=O) groups excluding carboxylic acids is 1. The minimum atomic E-state index is -0.272. The highest BCUT2D eigenvalue weighted by atomic mass is 127. The van der Waals surface area contributed by atoms with E-state index in [2.05, 4.69) is 33.1 Å². The molecule has 1 amide bonds. The van der Waals surface area contributed by atoms with Crippen LogP contribution >= 0.6 is 22.6 Å². The number of methoxy groups -OCH3 is 1. The second kappa shape index (κ2) is 7.04. The van der Waals surface area contributed by atoms with Crippen LogP contribution in [0.1, 0.15) is 15.9 Å². The first-order valence-electron chi connectivity index (χ1n) is 5.92. The van der Waals surface area contributed by atoms with Crippen molar-refractivity contribution in [2.24, 2.45) is 5.10 Å². The fraction of sp³-hybridized carbons (Fsp3) is 0.0667. The molecule has 0 aliphatic carbocycles. The minimum absolute atomic E-state index is 0.272. The standard InChI is InChI=1S/C15H13IN2O2/c1-20-14-7-3-5-12(9-14)15(19)18-17-10-11-4-2-6-13(16)8-11/h2-10H,1H3,(H,18,19). The zero-order valence-electron chi connectivity index (χ0n) is 10.8. The Balaban J connectivity index is 2.01. The smallest absolute Gasteiger partial charge is 0.271 e. The molecule has 20 heavy (non-hydrogen) atoms. The maximum atomic E-state index is 11.9. The van der Waals surface area contributed by atoms with Crippen LogP contribution in [-0.2, 0) is 0 Å². The molecule has 2 rings (SSSR count). The molecule has 0 unspecified atom stereocenters. The fourth-order valence-corrected chi connectivity index (χ4v) is 2.15. The predicted octanol–water partition coefficient (Wildman–Crippen LogP) is 3.06. The lowest BCUT2D eigenvalue weighted by Crippen LogP contribution is -2.17. The summed E-state index contributed by atoms with van der Waals surface area (Å²) in [6, 6.07) is 14.7. The van der Waals surface area contributed by atoms with Crippen LogP contribution in [0.15, 0.2) is 53.6 Å². The molecular weight excluding hydrogens is 367 g/mol. The van der Waals surface area contributed by atoms with Crippen molar-refractivity contribution >= 4 is 34.7 Å². The summed E-state index contributed by atoms with van der Waals surface area (Å²) in [7, 11) is 1.56. The van der Waals surface area contributed by atoms with Crippen LogP contribution in [0.3, 0.4) is 0 Å². The number of carbonyl (C=O) groups is 1. The summed E-state index contributed by atoms with van der Waals surface area (Å²) in [6.07, 6.45) is 1.61. The van der Waals surface area contributed by atoms with Gasteiger partial charge < -0.3 is 4.74 Å². The summed E-state index contributed by atoms with van der Waals surface area (Å²) < 4.78 is 6.19. The van der Waals surface area contributed by atoms with Crippen molar-refractivity contribution < 1.29 is 9.53 Å². The molecule has 0 saturated carbocycles. The van der Waals surface area contributed by atoms with Gasteiger partial charge in [0.25, 0.3) is 5.91 Å². The largest absolute Gasteiger partial charge is 0.497 e. The molecule has 0 heterocycles. The van der Waals surface area contributed by atoms with E-state index in [-0.39, 0.29) is 5.91 Å². The summed E-state index contributed by atoms with van der Waals surface area (Å²) in [5.41, 5.74) is 3.93. The first-order valence-corrected chi connectivity index (χ1v) is 7.00. The first-order chi connectivity index (χ1) is 9.69. The van der Waals surface area contributed by atoms with E-state index >= 15 is 0 Å². The average molecular weight is 380 g/mol. The number of ether oxygens (including phenoxy) is 1. The molecule has 2 aromatic carbocycles. The summed E-state index contributed by atoms with van der Waals surface area (Å²) in [5.74, 6) is 0.366. The van der Waals surface area contributed by atoms with E-state index in [1.165, 1.54) is 0 Å². The Labute approximate surface area is 131 Å². The Morgan fingerprint density at radius 3 is 2.80 bits per heavy atom. The summed E-state index contributed by atoms with van der Waals surface area (Å²) in [5, 5.41) is 3.95. The van der Waals surface area contributed by atoms with Crippen molar-refractivity contribution in [3.8, 4) is 5.75 Å². The van der Waals surface area contributed by atoms with Crippen LogP contribution < -0.4 is 10.2 Å². The lowest BCUT2D eigenvalue weighted by molar-refractivity contribution is 0.0955. The van der Waals surface area contributed by atoms with Crippen molar-refractivity contribution in [2.75, 3.05) is 7.11 Å². The van der Waals surface area contributed by atoms with Gasteiger partial charge in [-0.25, -0.2) is 5.43 Å². The molecule has 4 nitrogen and oxygen atoms in total. The van der Waals surface area contributed by atoms with E-state index in [0.29, 0.717) is 11.3 Å². The molecule has 0 fully saturated rings. The lowest BCUT2D eigenvalue weighted by Gasteiger charge is -2.03. The number of benzene rings is 2. The number of amides is 1. The van der Waals surface area contributed by atoms with Gasteiger partial charge in [0.2, 0.25) is 0 Å². The molecule has 2 aromatic rings. The Bertz CT molecular complexity index is 641. The molecule has 0 bridgehead atoms. The molecule has 102 valence electrons. The van der Waals surface area contributed by atoms with Gasteiger partial charge in [-0.15, -0.1) is 0 Å². The fourth-order valence-electron chi connectivity index (χ4n) is 1.58. The van der Waals surface area contributed by atoms with E-state index < -0.39 is 0 Å². The summed E-state index contributed by atoms with van der Waals surface area (Å²) >= 11 is 2.22. The van der Waals surface area contributed by atoms with Gasteiger partial charge in [-0.05, 0) is 58.5 Å². The van der Waals surface area contributed by atoms with Crippen molar-refractivity contribution in [1.29, 1.82) is 0 Å². The second-order valence-corrected chi connectivity index (χ2v) is 5.23. The molecule has 0 aliphatic heterocycles. The number of hydrogen-bond acceptors (Lipinski definition) is 3. The first kappa shape index (κ1) is 14.5. The van der Waals surface area contributed by atoms with Gasteiger partial charge in [-0.2, -0.15) is 5.10 Å². The van der Waals surface area contributed by atoms with Gasteiger partial charge >= 0.3 is 0 Å². The van der Waals surface area contributed by atoms with Gasteiger partial charge in [0, 0.05) is 9.13 Å². The lowest BCUT2D eigenvalue weighted by atomic mass is 10.2. The molecule has 5 heteroatoms. The quantitative estimate of drug-likeness (QED) is 0.504. The van der Waals surface area contributed by atoms with Crippen molar-refractivity contribution in [3.05, 3.63) is 63.2 Å². The number of nitrogens with zero attached hydrogens (tertiary/aromatic N) is 1. The molecule has 0 aromatic heterocycles.